The van der Waals surface area contributed by atoms with Gasteiger partial charge in [0.25, 0.3) is 0 Å². The third kappa shape index (κ3) is 2.50. The van der Waals surface area contributed by atoms with Gasteiger partial charge in [-0.05, 0) is 13.8 Å². The lowest BCUT2D eigenvalue weighted by Gasteiger charge is -2.19. The van der Waals surface area contributed by atoms with Crippen molar-refractivity contribution in [2.75, 3.05) is 23.0 Å². The monoisotopic (exact) mass is 249 g/mol. The molecule has 0 radical (unpaired) electrons. The number of ether oxygens (including phenoxy) is 1. The van der Waals surface area contributed by atoms with Crippen LogP contribution in [0.1, 0.15) is 13.8 Å². The predicted octanol–water partition coefficient (Wildman–Crippen LogP) is 1.75. The molecule has 1 atom stereocenters. The Morgan fingerprint density at radius 3 is 3.17 bits per heavy atom. The highest BCUT2D eigenvalue weighted by Gasteiger charge is 2.16. The Balaban J connectivity index is 2.24. The summed E-state index contributed by atoms with van der Waals surface area (Å²) in [5.41, 5.74) is 7.05. The van der Waals surface area contributed by atoms with Gasteiger partial charge in [0.05, 0.1) is 18.3 Å². The summed E-state index contributed by atoms with van der Waals surface area (Å²) < 4.78 is 4.76. The van der Waals surface area contributed by atoms with Crippen LogP contribution < -0.4 is 16.4 Å². The van der Waals surface area contributed by atoms with Gasteiger partial charge >= 0.3 is 6.09 Å². The second kappa shape index (κ2) is 4.91. The van der Waals surface area contributed by atoms with E-state index in [0.717, 1.165) is 0 Å². The lowest BCUT2D eigenvalue weighted by molar-refractivity contribution is 0.168. The van der Waals surface area contributed by atoms with Crippen LogP contribution in [0.2, 0.25) is 0 Å². The number of nitrogens with two attached hydrogens (primary N) is 1. The average Bonchev–Trinajstić information content (AvgIpc) is 2.30. The first-order valence-corrected chi connectivity index (χ1v) is 5.65. The quantitative estimate of drug-likeness (QED) is 0.741. The summed E-state index contributed by atoms with van der Waals surface area (Å²) in [5, 5.41) is 5.64. The number of fused-ring (bicyclic) bond motifs is 1. The number of nitrogens with one attached hydrogen (secondary N) is 2. The summed E-state index contributed by atoms with van der Waals surface area (Å²) in [6, 6.07) is 1.67. The number of hydrogen-bond acceptors (Lipinski definition) is 6. The molecule has 7 nitrogen and oxygen atoms in total. The highest BCUT2D eigenvalue weighted by Crippen LogP contribution is 2.33. The first kappa shape index (κ1) is 12.2. The maximum atomic E-state index is 11.3. The van der Waals surface area contributed by atoms with Gasteiger partial charge in [0, 0.05) is 12.3 Å². The zero-order chi connectivity index (χ0) is 13.1. The Bertz CT molecular complexity index is 500. The van der Waals surface area contributed by atoms with Crippen molar-refractivity contribution in [2.45, 2.75) is 19.9 Å². The van der Waals surface area contributed by atoms with Crippen LogP contribution in [-0.2, 0) is 4.74 Å². The first-order valence-electron chi connectivity index (χ1n) is 5.65. The van der Waals surface area contributed by atoms with Crippen LogP contribution in [0.5, 0.6) is 0 Å². The zero-order valence-electron chi connectivity index (χ0n) is 10.2. The van der Waals surface area contributed by atoms with Crippen LogP contribution in [0.25, 0.3) is 0 Å². The molecule has 4 N–H and O–H groups in total. The summed E-state index contributed by atoms with van der Waals surface area (Å²) in [6.45, 7) is 3.98. The van der Waals surface area contributed by atoms with E-state index < -0.39 is 6.09 Å². The van der Waals surface area contributed by atoms with Gasteiger partial charge in [-0.3, -0.25) is 5.32 Å². The van der Waals surface area contributed by atoms with E-state index in [2.05, 4.69) is 20.6 Å². The molecule has 1 aromatic heterocycles. The van der Waals surface area contributed by atoms with Crippen molar-refractivity contribution in [3.05, 3.63) is 6.07 Å². The van der Waals surface area contributed by atoms with Gasteiger partial charge in [0.1, 0.15) is 11.5 Å². The van der Waals surface area contributed by atoms with Crippen molar-refractivity contribution < 1.29 is 9.53 Å². The van der Waals surface area contributed by atoms with Crippen molar-refractivity contribution in [1.29, 1.82) is 0 Å². The molecule has 0 saturated carbocycles. The fourth-order valence-electron chi connectivity index (χ4n) is 1.58. The second-order valence-corrected chi connectivity index (χ2v) is 3.85. The highest BCUT2D eigenvalue weighted by atomic mass is 16.5. The van der Waals surface area contributed by atoms with Gasteiger partial charge in [-0.15, -0.1) is 0 Å². The summed E-state index contributed by atoms with van der Waals surface area (Å²) in [7, 11) is 0. The molecule has 1 unspecified atom stereocenters. The number of carbonyl (C=O) groups is 1. The van der Waals surface area contributed by atoms with Gasteiger partial charge in [-0.1, -0.05) is 0 Å². The van der Waals surface area contributed by atoms with Crippen molar-refractivity contribution >= 4 is 35.3 Å². The van der Waals surface area contributed by atoms with Crippen LogP contribution >= 0.6 is 0 Å². The van der Waals surface area contributed by atoms with Crippen LogP contribution in [0.4, 0.5) is 27.8 Å². The third-order valence-corrected chi connectivity index (χ3v) is 2.33. The lowest BCUT2D eigenvalue weighted by Crippen LogP contribution is -2.21. The zero-order valence-corrected chi connectivity index (χ0v) is 10.2. The van der Waals surface area contributed by atoms with E-state index in [-0.39, 0.29) is 6.04 Å². The fraction of sp³-hybridized carbons (Fsp3) is 0.364. The Morgan fingerprint density at radius 2 is 2.44 bits per heavy atom. The molecular formula is C11H15N5O2. The molecular weight excluding hydrogens is 234 g/mol. The van der Waals surface area contributed by atoms with Crippen LogP contribution in [0.15, 0.2) is 11.1 Å². The Morgan fingerprint density at radius 1 is 1.67 bits per heavy atom. The number of aromatic nitrogens is 1. The molecule has 96 valence electrons. The largest absolute Gasteiger partial charge is 0.450 e. The van der Waals surface area contributed by atoms with Gasteiger partial charge in [0.15, 0.2) is 5.82 Å². The van der Waals surface area contributed by atoms with Crippen molar-refractivity contribution in [3.8, 4) is 0 Å². The van der Waals surface area contributed by atoms with Gasteiger partial charge in [-0.2, -0.15) is 0 Å². The third-order valence-electron chi connectivity index (χ3n) is 2.33. The molecule has 0 bridgehead atoms. The number of pyridine rings is 1. The second-order valence-electron chi connectivity index (χ2n) is 3.85. The van der Waals surface area contributed by atoms with Crippen molar-refractivity contribution in [3.63, 3.8) is 0 Å². The van der Waals surface area contributed by atoms with Crippen LogP contribution in [0.3, 0.4) is 0 Å². The predicted molar refractivity (Wildman–Crippen MR) is 70.5 cm³/mol. The summed E-state index contributed by atoms with van der Waals surface area (Å²) >= 11 is 0. The van der Waals surface area contributed by atoms with Gasteiger partial charge in [0.2, 0.25) is 0 Å². The van der Waals surface area contributed by atoms with Crippen molar-refractivity contribution in [2.24, 2.45) is 4.99 Å². The Hall–Kier alpha value is -2.31. The molecule has 1 aromatic rings. The minimum absolute atomic E-state index is 0.102. The van der Waals surface area contributed by atoms with Gasteiger partial charge < -0.3 is 15.8 Å². The van der Waals surface area contributed by atoms with E-state index in [4.69, 9.17) is 10.5 Å². The van der Waals surface area contributed by atoms with Crippen LogP contribution in [0, 0.1) is 0 Å². The number of rotatable bonds is 2. The molecule has 2 heterocycles. The summed E-state index contributed by atoms with van der Waals surface area (Å²) in [5.74, 6) is 0.776. The minimum Gasteiger partial charge on any atom is -0.450 e. The molecule has 0 aromatic carbocycles. The smallest absolute Gasteiger partial charge is 0.412 e. The Labute approximate surface area is 104 Å². The number of aliphatic imine (C=N–C) groups is 1. The number of nitrogens with zero attached hydrogens (tertiary/aromatic N) is 2. The van der Waals surface area contributed by atoms with E-state index in [1.165, 1.54) is 0 Å². The number of amides is 1. The minimum atomic E-state index is -0.564. The molecule has 0 saturated heterocycles. The first-order chi connectivity index (χ1) is 8.60. The van der Waals surface area contributed by atoms with E-state index in [1.807, 2.05) is 6.92 Å². The molecule has 0 fully saturated rings. The molecule has 1 amide bonds. The summed E-state index contributed by atoms with van der Waals surface area (Å²) in [4.78, 5) is 19.6. The molecule has 1 aliphatic heterocycles. The molecule has 18 heavy (non-hydrogen) atoms. The van der Waals surface area contributed by atoms with E-state index in [0.29, 0.717) is 29.6 Å². The number of carbonyl (C=O) groups excluding carboxylic acids is 1. The molecule has 2 rings (SSSR count). The fourth-order valence-corrected chi connectivity index (χ4v) is 1.58. The van der Waals surface area contributed by atoms with Crippen LogP contribution in [-0.4, -0.2) is 29.9 Å². The van der Waals surface area contributed by atoms with E-state index in [1.54, 1.807) is 19.2 Å². The SMILES string of the molecule is CCOC(=O)Nc1cc(N)c2c(n1)N=CC(C)N2. The molecule has 0 spiro atoms. The highest BCUT2D eigenvalue weighted by molar-refractivity contribution is 5.91. The average molecular weight is 249 g/mol. The summed E-state index contributed by atoms with van der Waals surface area (Å²) in [6.07, 6.45) is 1.16. The maximum absolute atomic E-state index is 11.3. The normalized spacial score (nSPS) is 16.7. The maximum Gasteiger partial charge on any atom is 0.412 e. The molecule has 7 heteroatoms. The number of anilines is 3. The van der Waals surface area contributed by atoms with Gasteiger partial charge in [-0.25, -0.2) is 14.8 Å². The number of nitrogen functional groups attached to an aromatic ring is 1. The van der Waals surface area contributed by atoms with E-state index in [9.17, 15) is 4.79 Å². The lowest BCUT2D eigenvalue weighted by atomic mass is 10.2. The molecule has 0 aliphatic carbocycles. The van der Waals surface area contributed by atoms with E-state index >= 15 is 0 Å². The number of hydrogen-bond donors (Lipinski definition) is 3. The standard InChI is InChI=1S/C11H15N5O2/c1-3-18-11(17)16-8-4-7(12)9-10(15-8)13-5-6(2)14-9/h4-6,14H,3H2,1-2H3,(H3,12,15,16,17). The topological polar surface area (TPSA) is 102 Å². The van der Waals surface area contributed by atoms with Crippen molar-refractivity contribution in [1.82, 2.24) is 4.98 Å². The molecule has 1 aliphatic rings. The Kier molecular flexibility index (Phi) is 3.31.